The van der Waals surface area contributed by atoms with Gasteiger partial charge in [0.1, 0.15) is 5.75 Å². The standard InChI is InChI=1S/C13H8Cl2F3NO/c1-20-11-4-7(2-3-9(11)14)12-10(15)5-8(6-19-12)13(16,17)18/h2-6H,1H3. The summed E-state index contributed by atoms with van der Waals surface area (Å²) >= 11 is 11.8. The van der Waals surface area contributed by atoms with E-state index in [1.165, 1.54) is 7.11 Å². The van der Waals surface area contributed by atoms with E-state index >= 15 is 0 Å². The molecule has 0 atom stereocenters. The first-order valence-corrected chi connectivity index (χ1v) is 6.15. The summed E-state index contributed by atoms with van der Waals surface area (Å²) in [7, 11) is 1.44. The fourth-order valence-electron chi connectivity index (χ4n) is 1.61. The van der Waals surface area contributed by atoms with Crippen molar-refractivity contribution in [2.75, 3.05) is 7.11 Å². The van der Waals surface area contributed by atoms with Gasteiger partial charge < -0.3 is 4.74 Å². The average Bonchev–Trinajstić information content (AvgIpc) is 2.38. The highest BCUT2D eigenvalue weighted by molar-refractivity contribution is 6.33. The van der Waals surface area contributed by atoms with Gasteiger partial charge in [0.15, 0.2) is 0 Å². The van der Waals surface area contributed by atoms with E-state index in [0.717, 1.165) is 12.3 Å². The lowest BCUT2D eigenvalue weighted by molar-refractivity contribution is -0.137. The highest BCUT2D eigenvalue weighted by Gasteiger charge is 2.31. The zero-order valence-electron chi connectivity index (χ0n) is 10.1. The molecule has 0 unspecified atom stereocenters. The lowest BCUT2D eigenvalue weighted by Crippen LogP contribution is -2.05. The second-order valence-corrected chi connectivity index (χ2v) is 4.72. The van der Waals surface area contributed by atoms with Gasteiger partial charge in [0.25, 0.3) is 0 Å². The molecule has 1 aromatic heterocycles. The van der Waals surface area contributed by atoms with Crippen molar-refractivity contribution in [1.82, 2.24) is 4.98 Å². The van der Waals surface area contributed by atoms with Gasteiger partial charge in [-0.2, -0.15) is 13.2 Å². The van der Waals surface area contributed by atoms with E-state index in [1.807, 2.05) is 0 Å². The van der Waals surface area contributed by atoms with Gasteiger partial charge in [0, 0.05) is 11.8 Å². The number of halogens is 5. The predicted molar refractivity (Wildman–Crippen MR) is 71.2 cm³/mol. The second kappa shape index (κ2) is 5.50. The monoisotopic (exact) mass is 321 g/mol. The van der Waals surface area contributed by atoms with Crippen molar-refractivity contribution < 1.29 is 17.9 Å². The van der Waals surface area contributed by atoms with Crippen LogP contribution in [0.3, 0.4) is 0 Å². The molecule has 1 heterocycles. The molecule has 106 valence electrons. The molecule has 0 spiro atoms. The quantitative estimate of drug-likeness (QED) is 0.769. The number of benzene rings is 1. The normalized spacial score (nSPS) is 11.5. The van der Waals surface area contributed by atoms with E-state index in [1.54, 1.807) is 18.2 Å². The predicted octanol–water partition coefficient (Wildman–Crippen LogP) is 5.08. The van der Waals surface area contributed by atoms with Gasteiger partial charge in [-0.05, 0) is 18.2 Å². The third-order valence-electron chi connectivity index (χ3n) is 2.59. The maximum absolute atomic E-state index is 12.5. The number of pyridine rings is 1. The van der Waals surface area contributed by atoms with Crippen molar-refractivity contribution in [2.45, 2.75) is 6.18 Å². The molecule has 7 heteroatoms. The van der Waals surface area contributed by atoms with Crippen molar-refractivity contribution in [3.05, 3.63) is 46.1 Å². The van der Waals surface area contributed by atoms with Gasteiger partial charge >= 0.3 is 6.18 Å². The largest absolute Gasteiger partial charge is 0.495 e. The van der Waals surface area contributed by atoms with E-state index in [0.29, 0.717) is 16.3 Å². The molecule has 0 aliphatic heterocycles. The fraction of sp³-hybridized carbons (Fsp3) is 0.154. The number of methoxy groups -OCH3 is 1. The van der Waals surface area contributed by atoms with Gasteiger partial charge in [-0.25, -0.2) is 0 Å². The Morgan fingerprint density at radius 3 is 2.35 bits per heavy atom. The number of aromatic nitrogens is 1. The Morgan fingerprint density at radius 1 is 1.10 bits per heavy atom. The minimum absolute atomic E-state index is 0.0933. The van der Waals surface area contributed by atoms with E-state index in [-0.39, 0.29) is 10.7 Å². The molecular weight excluding hydrogens is 314 g/mol. The molecule has 0 radical (unpaired) electrons. The Kier molecular flexibility index (Phi) is 4.11. The van der Waals surface area contributed by atoms with Crippen LogP contribution >= 0.6 is 23.2 Å². The number of nitrogens with zero attached hydrogens (tertiary/aromatic N) is 1. The second-order valence-electron chi connectivity index (χ2n) is 3.90. The van der Waals surface area contributed by atoms with E-state index in [9.17, 15) is 13.2 Å². The van der Waals surface area contributed by atoms with Crippen molar-refractivity contribution in [1.29, 1.82) is 0 Å². The summed E-state index contributed by atoms with van der Waals surface area (Å²) in [4.78, 5) is 3.77. The molecule has 0 bridgehead atoms. The van der Waals surface area contributed by atoms with Crippen molar-refractivity contribution >= 4 is 23.2 Å². The minimum atomic E-state index is -4.48. The van der Waals surface area contributed by atoms with E-state index < -0.39 is 11.7 Å². The van der Waals surface area contributed by atoms with Gasteiger partial charge in [0.05, 0.1) is 28.4 Å². The molecule has 2 nitrogen and oxygen atoms in total. The molecular formula is C13H8Cl2F3NO. The van der Waals surface area contributed by atoms with Crippen LogP contribution in [-0.2, 0) is 6.18 Å². The van der Waals surface area contributed by atoms with Gasteiger partial charge in [0.2, 0.25) is 0 Å². The molecule has 0 saturated heterocycles. The Balaban J connectivity index is 2.49. The maximum Gasteiger partial charge on any atom is 0.417 e. The Labute approximate surface area is 123 Å². The number of rotatable bonds is 2. The van der Waals surface area contributed by atoms with Crippen LogP contribution in [0.25, 0.3) is 11.3 Å². The van der Waals surface area contributed by atoms with Crippen LogP contribution in [0.5, 0.6) is 5.75 Å². The van der Waals surface area contributed by atoms with Crippen LogP contribution in [0.15, 0.2) is 30.5 Å². The number of hydrogen-bond acceptors (Lipinski definition) is 2. The van der Waals surface area contributed by atoms with Crippen LogP contribution in [0.4, 0.5) is 13.2 Å². The summed E-state index contributed by atoms with van der Waals surface area (Å²) in [6.07, 6.45) is -3.74. The molecule has 0 aliphatic rings. The summed E-state index contributed by atoms with van der Waals surface area (Å²) in [5.41, 5.74) is -0.146. The van der Waals surface area contributed by atoms with Crippen LogP contribution in [0.1, 0.15) is 5.56 Å². The molecule has 0 amide bonds. The van der Waals surface area contributed by atoms with Gasteiger partial charge in [-0.15, -0.1) is 0 Å². The first-order valence-electron chi connectivity index (χ1n) is 5.39. The molecule has 2 aromatic rings. The third kappa shape index (κ3) is 2.99. The molecule has 20 heavy (non-hydrogen) atoms. The highest BCUT2D eigenvalue weighted by Crippen LogP contribution is 2.36. The van der Waals surface area contributed by atoms with E-state index in [2.05, 4.69) is 4.98 Å². The lowest BCUT2D eigenvalue weighted by Gasteiger charge is -2.10. The first kappa shape index (κ1) is 14.9. The molecule has 0 N–H and O–H groups in total. The minimum Gasteiger partial charge on any atom is -0.495 e. The van der Waals surface area contributed by atoms with Crippen molar-refractivity contribution in [3.8, 4) is 17.0 Å². The summed E-state index contributed by atoms with van der Waals surface area (Å²) in [5.74, 6) is 0.391. The fourth-order valence-corrected chi connectivity index (χ4v) is 2.08. The van der Waals surface area contributed by atoms with Crippen molar-refractivity contribution in [3.63, 3.8) is 0 Å². The number of alkyl halides is 3. The lowest BCUT2D eigenvalue weighted by atomic mass is 10.1. The summed E-state index contributed by atoms with van der Waals surface area (Å²) in [5, 5.41) is 0.295. The Bertz CT molecular complexity index is 644. The Morgan fingerprint density at radius 2 is 1.80 bits per heavy atom. The van der Waals surface area contributed by atoms with Gasteiger partial charge in [-0.3, -0.25) is 4.98 Å². The molecule has 0 fully saturated rings. The average molecular weight is 322 g/mol. The van der Waals surface area contributed by atoms with Crippen LogP contribution in [0, 0.1) is 0 Å². The molecule has 2 rings (SSSR count). The molecule has 0 saturated carbocycles. The number of hydrogen-bond donors (Lipinski definition) is 0. The Hall–Kier alpha value is -1.46. The smallest absolute Gasteiger partial charge is 0.417 e. The van der Waals surface area contributed by atoms with Crippen LogP contribution < -0.4 is 4.74 Å². The number of ether oxygens (including phenoxy) is 1. The summed E-state index contributed by atoms with van der Waals surface area (Å²) in [6, 6.07) is 5.56. The molecule has 0 aliphatic carbocycles. The summed E-state index contributed by atoms with van der Waals surface area (Å²) in [6.45, 7) is 0. The van der Waals surface area contributed by atoms with Gasteiger partial charge in [-0.1, -0.05) is 29.3 Å². The van der Waals surface area contributed by atoms with Crippen molar-refractivity contribution in [2.24, 2.45) is 0 Å². The van der Waals surface area contributed by atoms with Crippen LogP contribution in [0.2, 0.25) is 10.0 Å². The zero-order chi connectivity index (χ0) is 14.9. The summed E-state index contributed by atoms with van der Waals surface area (Å²) < 4.78 is 42.7. The maximum atomic E-state index is 12.5. The first-order chi connectivity index (χ1) is 9.32. The molecule has 1 aromatic carbocycles. The zero-order valence-corrected chi connectivity index (χ0v) is 11.6. The van der Waals surface area contributed by atoms with E-state index in [4.69, 9.17) is 27.9 Å². The topological polar surface area (TPSA) is 22.1 Å². The van der Waals surface area contributed by atoms with Crippen LogP contribution in [-0.4, -0.2) is 12.1 Å². The SMILES string of the molecule is COc1cc(-c2ncc(C(F)(F)F)cc2Cl)ccc1Cl. The highest BCUT2D eigenvalue weighted by atomic mass is 35.5. The third-order valence-corrected chi connectivity index (χ3v) is 3.19.